The minimum Gasteiger partial charge on any atom is -0.508 e. The quantitative estimate of drug-likeness (QED) is 0.906. The maximum absolute atomic E-state index is 12.4. The molecule has 0 fully saturated rings. The lowest BCUT2D eigenvalue weighted by Crippen LogP contribution is -2.27. The third-order valence-electron chi connectivity index (χ3n) is 3.54. The first-order chi connectivity index (χ1) is 10.0. The highest BCUT2D eigenvalue weighted by atomic mass is 16.3. The van der Waals surface area contributed by atoms with Crippen LogP contribution in [0.2, 0.25) is 0 Å². The summed E-state index contributed by atoms with van der Waals surface area (Å²) in [5.41, 5.74) is 9.07. The van der Waals surface area contributed by atoms with Crippen LogP contribution >= 0.6 is 0 Å². The lowest BCUT2D eigenvalue weighted by atomic mass is 10.1. The fourth-order valence-electron chi connectivity index (χ4n) is 2.25. The Bertz CT molecular complexity index is 653. The number of amides is 1. The third-order valence-corrected chi connectivity index (χ3v) is 3.54. The Balaban J connectivity index is 2.17. The minimum atomic E-state index is -0.0788. The summed E-state index contributed by atoms with van der Waals surface area (Å²) < 4.78 is 0. The zero-order valence-electron chi connectivity index (χ0n) is 12.3. The fourth-order valence-corrected chi connectivity index (χ4v) is 2.25. The second kappa shape index (κ2) is 6.41. The van der Waals surface area contributed by atoms with E-state index in [-0.39, 0.29) is 11.7 Å². The predicted molar refractivity (Wildman–Crippen MR) is 83.0 cm³/mol. The van der Waals surface area contributed by atoms with E-state index in [9.17, 15) is 9.90 Å². The summed E-state index contributed by atoms with van der Waals surface area (Å²) >= 11 is 0. The molecule has 21 heavy (non-hydrogen) atoms. The van der Waals surface area contributed by atoms with Crippen molar-refractivity contribution >= 4 is 5.91 Å². The van der Waals surface area contributed by atoms with Gasteiger partial charge in [-0.3, -0.25) is 4.79 Å². The van der Waals surface area contributed by atoms with Gasteiger partial charge < -0.3 is 15.7 Å². The number of phenols is 1. The van der Waals surface area contributed by atoms with Crippen molar-refractivity contribution in [1.29, 1.82) is 0 Å². The first-order valence-corrected chi connectivity index (χ1v) is 6.85. The number of carbonyl (C=O) groups excluding carboxylic acids is 1. The summed E-state index contributed by atoms with van der Waals surface area (Å²) in [6.07, 6.45) is 0. The summed E-state index contributed by atoms with van der Waals surface area (Å²) in [4.78, 5) is 14.1. The van der Waals surface area contributed by atoms with Gasteiger partial charge in [0.2, 0.25) is 0 Å². The highest BCUT2D eigenvalue weighted by molar-refractivity contribution is 5.94. The molecule has 0 atom stereocenters. The smallest absolute Gasteiger partial charge is 0.253 e. The van der Waals surface area contributed by atoms with Gasteiger partial charge in [-0.15, -0.1) is 0 Å². The average molecular weight is 284 g/mol. The topological polar surface area (TPSA) is 66.6 Å². The number of nitrogens with two attached hydrogens (primary N) is 1. The molecule has 0 radical (unpaired) electrons. The molecule has 0 heterocycles. The second-order valence-corrected chi connectivity index (χ2v) is 5.14. The van der Waals surface area contributed by atoms with Crippen LogP contribution in [0, 0.1) is 6.92 Å². The molecule has 1 amide bonds. The summed E-state index contributed by atoms with van der Waals surface area (Å²) in [6.45, 7) is 2.73. The SMILES string of the molecule is Cc1cc(C(=O)N(C)Cc2ccccc2CN)ccc1O. The molecule has 0 aromatic heterocycles. The maximum atomic E-state index is 12.4. The van der Waals surface area contributed by atoms with E-state index in [1.165, 1.54) is 0 Å². The van der Waals surface area contributed by atoms with Gasteiger partial charge in [-0.2, -0.15) is 0 Å². The molecule has 0 unspecified atom stereocenters. The van der Waals surface area contributed by atoms with E-state index in [0.717, 1.165) is 11.1 Å². The van der Waals surface area contributed by atoms with Gasteiger partial charge >= 0.3 is 0 Å². The molecular weight excluding hydrogens is 264 g/mol. The second-order valence-electron chi connectivity index (χ2n) is 5.14. The average Bonchev–Trinajstić information content (AvgIpc) is 2.49. The molecule has 0 saturated carbocycles. The van der Waals surface area contributed by atoms with Crippen molar-refractivity contribution in [2.24, 2.45) is 5.73 Å². The summed E-state index contributed by atoms with van der Waals surface area (Å²) in [5, 5.41) is 9.53. The van der Waals surface area contributed by atoms with Gasteiger partial charge in [0, 0.05) is 25.7 Å². The van der Waals surface area contributed by atoms with Gasteiger partial charge in [-0.05, 0) is 41.8 Å². The molecule has 0 aliphatic rings. The number of aromatic hydroxyl groups is 1. The standard InChI is InChI=1S/C17H20N2O2/c1-12-9-13(7-8-16(12)20)17(21)19(2)11-15-6-4-3-5-14(15)10-18/h3-9,20H,10-11,18H2,1-2H3. The normalized spacial score (nSPS) is 10.4. The molecule has 4 nitrogen and oxygen atoms in total. The molecule has 0 aliphatic carbocycles. The Morgan fingerprint density at radius 2 is 1.86 bits per heavy atom. The Morgan fingerprint density at radius 3 is 2.48 bits per heavy atom. The van der Waals surface area contributed by atoms with Crippen molar-refractivity contribution in [3.05, 3.63) is 64.7 Å². The van der Waals surface area contributed by atoms with Crippen LogP contribution in [0.1, 0.15) is 27.0 Å². The van der Waals surface area contributed by atoms with Crippen LogP contribution in [0.4, 0.5) is 0 Å². The van der Waals surface area contributed by atoms with E-state index in [2.05, 4.69) is 0 Å². The van der Waals surface area contributed by atoms with Crippen LogP contribution in [0.3, 0.4) is 0 Å². The van der Waals surface area contributed by atoms with Gasteiger partial charge in [0.25, 0.3) is 5.91 Å². The summed E-state index contributed by atoms with van der Waals surface area (Å²) in [6, 6.07) is 12.7. The molecule has 2 aromatic rings. The Morgan fingerprint density at radius 1 is 1.19 bits per heavy atom. The fraction of sp³-hybridized carbons (Fsp3) is 0.235. The number of phenolic OH excluding ortho intramolecular Hbond substituents is 1. The number of aryl methyl sites for hydroxylation is 1. The number of rotatable bonds is 4. The van der Waals surface area contributed by atoms with E-state index >= 15 is 0 Å². The molecule has 0 spiro atoms. The van der Waals surface area contributed by atoms with Crippen LogP contribution < -0.4 is 5.73 Å². The van der Waals surface area contributed by atoms with Crippen molar-refractivity contribution in [2.45, 2.75) is 20.0 Å². The molecule has 2 rings (SSSR count). The van der Waals surface area contributed by atoms with Gasteiger partial charge in [-0.1, -0.05) is 24.3 Å². The van der Waals surface area contributed by atoms with E-state index in [1.807, 2.05) is 24.3 Å². The van der Waals surface area contributed by atoms with Gasteiger partial charge in [0.1, 0.15) is 5.75 Å². The van der Waals surface area contributed by atoms with E-state index < -0.39 is 0 Å². The van der Waals surface area contributed by atoms with Gasteiger partial charge in [-0.25, -0.2) is 0 Å². The van der Waals surface area contributed by atoms with Crippen molar-refractivity contribution < 1.29 is 9.90 Å². The molecule has 3 N–H and O–H groups in total. The number of hydrogen-bond acceptors (Lipinski definition) is 3. The largest absolute Gasteiger partial charge is 0.508 e. The third kappa shape index (κ3) is 3.41. The first-order valence-electron chi connectivity index (χ1n) is 6.85. The van der Waals surface area contributed by atoms with Gasteiger partial charge in [0.05, 0.1) is 0 Å². The van der Waals surface area contributed by atoms with Crippen molar-refractivity contribution in [3.8, 4) is 5.75 Å². The zero-order valence-corrected chi connectivity index (χ0v) is 12.3. The van der Waals surface area contributed by atoms with Crippen molar-refractivity contribution in [2.75, 3.05) is 7.05 Å². The van der Waals surface area contributed by atoms with E-state index in [0.29, 0.717) is 24.2 Å². The van der Waals surface area contributed by atoms with Gasteiger partial charge in [0.15, 0.2) is 0 Å². The van der Waals surface area contributed by atoms with Crippen molar-refractivity contribution in [3.63, 3.8) is 0 Å². The monoisotopic (exact) mass is 284 g/mol. The lowest BCUT2D eigenvalue weighted by Gasteiger charge is -2.19. The number of nitrogens with zero attached hydrogens (tertiary/aromatic N) is 1. The number of hydrogen-bond donors (Lipinski definition) is 2. The maximum Gasteiger partial charge on any atom is 0.253 e. The van der Waals surface area contributed by atoms with E-state index in [4.69, 9.17) is 5.73 Å². The number of benzene rings is 2. The van der Waals surface area contributed by atoms with Crippen molar-refractivity contribution in [1.82, 2.24) is 4.90 Å². The lowest BCUT2D eigenvalue weighted by molar-refractivity contribution is 0.0784. The highest BCUT2D eigenvalue weighted by Crippen LogP contribution is 2.19. The summed E-state index contributed by atoms with van der Waals surface area (Å²) in [7, 11) is 1.76. The molecule has 0 saturated heterocycles. The summed E-state index contributed by atoms with van der Waals surface area (Å²) in [5.74, 6) is 0.118. The van der Waals surface area contributed by atoms with Crippen LogP contribution in [0.15, 0.2) is 42.5 Å². The molecule has 110 valence electrons. The molecule has 0 bridgehead atoms. The molecular formula is C17H20N2O2. The van der Waals surface area contributed by atoms with Crippen LogP contribution in [0.5, 0.6) is 5.75 Å². The molecule has 0 aliphatic heterocycles. The van der Waals surface area contributed by atoms with Crippen LogP contribution in [-0.2, 0) is 13.1 Å². The van der Waals surface area contributed by atoms with Crippen LogP contribution in [-0.4, -0.2) is 23.0 Å². The Kier molecular flexibility index (Phi) is 4.60. The molecule has 4 heteroatoms. The highest BCUT2D eigenvalue weighted by Gasteiger charge is 2.14. The number of carbonyl (C=O) groups is 1. The first kappa shape index (κ1) is 15.1. The molecule has 2 aromatic carbocycles. The Labute approximate surface area is 124 Å². The van der Waals surface area contributed by atoms with Crippen LogP contribution in [0.25, 0.3) is 0 Å². The Hall–Kier alpha value is -2.33. The zero-order chi connectivity index (χ0) is 15.4. The predicted octanol–water partition coefficient (Wildman–Crippen LogP) is 2.43. The van der Waals surface area contributed by atoms with E-state index in [1.54, 1.807) is 37.1 Å². The minimum absolute atomic E-state index is 0.0788.